The second-order valence-corrected chi connectivity index (χ2v) is 18.3. The molecule has 2 aromatic carbocycles. The van der Waals surface area contributed by atoms with Crippen LogP contribution in [0.5, 0.6) is 5.75 Å². The summed E-state index contributed by atoms with van der Waals surface area (Å²) >= 11 is 0. The SMILES string of the molecule is CC(C)(C)NC(=O)C1CC2CCCCC2CN1CC(O)C(Cc1ccccc1)NC(=O)C(NC(=O)COc1ccc(F)cc1)C(C)(C)S(C)(=O)=O. The minimum absolute atomic E-state index is 0.0945. The van der Waals surface area contributed by atoms with Gasteiger partial charge in [-0.05, 0) is 95.5 Å². The first kappa shape index (κ1) is 40.2. The Balaban J connectivity index is 1.58. The number of piperidine rings is 1. The van der Waals surface area contributed by atoms with E-state index in [1.165, 1.54) is 38.1 Å². The van der Waals surface area contributed by atoms with Gasteiger partial charge in [0.15, 0.2) is 16.4 Å². The Morgan fingerprint density at radius 3 is 2.20 bits per heavy atom. The Bertz CT molecular complexity index is 1600. The number of nitrogens with one attached hydrogen (secondary N) is 3. The van der Waals surface area contributed by atoms with E-state index in [9.17, 15) is 32.3 Å². The normalized spacial score (nSPS) is 21.8. The van der Waals surface area contributed by atoms with Crippen LogP contribution in [0.25, 0.3) is 0 Å². The van der Waals surface area contributed by atoms with Gasteiger partial charge in [0.2, 0.25) is 11.8 Å². The van der Waals surface area contributed by atoms with E-state index in [2.05, 4.69) is 16.0 Å². The Hall–Kier alpha value is -3.55. The first-order valence-electron chi connectivity index (χ1n) is 17.8. The van der Waals surface area contributed by atoms with E-state index in [4.69, 9.17) is 4.74 Å². The second-order valence-electron chi connectivity index (χ2n) is 15.7. The number of ether oxygens (including phenoxy) is 1. The average Bonchev–Trinajstić information content (AvgIpc) is 3.05. The number of hydrogen-bond acceptors (Lipinski definition) is 8. The van der Waals surface area contributed by atoms with Gasteiger partial charge in [0.25, 0.3) is 5.91 Å². The van der Waals surface area contributed by atoms with E-state index in [1.807, 2.05) is 56.0 Å². The largest absolute Gasteiger partial charge is 0.484 e. The van der Waals surface area contributed by atoms with Gasteiger partial charge in [-0.25, -0.2) is 12.8 Å². The number of halogens is 1. The molecule has 0 radical (unpaired) electrons. The molecule has 2 aliphatic rings. The lowest BCUT2D eigenvalue weighted by Gasteiger charge is -2.47. The van der Waals surface area contributed by atoms with Crippen LogP contribution in [0.4, 0.5) is 4.39 Å². The summed E-state index contributed by atoms with van der Waals surface area (Å²) in [7, 11) is -3.92. The molecule has 3 amide bonds. The lowest BCUT2D eigenvalue weighted by Crippen LogP contribution is -2.64. The third-order valence-corrected chi connectivity index (χ3v) is 12.4. The fraction of sp³-hybridized carbons (Fsp3) is 0.605. The van der Waals surface area contributed by atoms with Crippen molar-refractivity contribution < 1.29 is 37.0 Å². The van der Waals surface area contributed by atoms with Crippen LogP contribution in [0.2, 0.25) is 0 Å². The van der Waals surface area contributed by atoms with E-state index >= 15 is 0 Å². The summed E-state index contributed by atoms with van der Waals surface area (Å²) in [6.45, 7) is 8.69. The highest BCUT2D eigenvalue weighted by atomic mass is 32.2. The molecule has 1 saturated heterocycles. The summed E-state index contributed by atoms with van der Waals surface area (Å²) in [5.74, 6) is -1.09. The second kappa shape index (κ2) is 16.9. The van der Waals surface area contributed by atoms with E-state index in [0.29, 0.717) is 24.8 Å². The number of fused-ring (bicyclic) bond motifs is 1. The van der Waals surface area contributed by atoms with Gasteiger partial charge in [-0.3, -0.25) is 19.3 Å². The van der Waals surface area contributed by atoms with Crippen molar-refractivity contribution in [1.29, 1.82) is 0 Å². The Morgan fingerprint density at radius 1 is 0.961 bits per heavy atom. The fourth-order valence-corrected chi connectivity index (χ4v) is 7.66. The van der Waals surface area contributed by atoms with E-state index in [0.717, 1.165) is 37.5 Å². The van der Waals surface area contributed by atoms with Gasteiger partial charge in [0.1, 0.15) is 17.6 Å². The number of sulfone groups is 1. The minimum Gasteiger partial charge on any atom is -0.484 e. The predicted molar refractivity (Wildman–Crippen MR) is 194 cm³/mol. The quantitative estimate of drug-likeness (QED) is 0.231. The summed E-state index contributed by atoms with van der Waals surface area (Å²) in [5.41, 5.74) is 0.385. The highest BCUT2D eigenvalue weighted by Crippen LogP contribution is 2.39. The molecule has 2 fully saturated rings. The molecule has 2 aromatic rings. The molecule has 0 spiro atoms. The Morgan fingerprint density at radius 2 is 1.59 bits per heavy atom. The summed E-state index contributed by atoms with van der Waals surface area (Å²) in [4.78, 5) is 42.9. The number of nitrogens with zero attached hydrogens (tertiary/aromatic N) is 1. The first-order chi connectivity index (χ1) is 23.8. The van der Waals surface area contributed by atoms with Gasteiger partial charge >= 0.3 is 0 Å². The molecular weight excluding hydrogens is 676 g/mol. The average molecular weight is 731 g/mol. The molecule has 4 N–H and O–H groups in total. The number of aliphatic hydroxyl groups is 1. The van der Waals surface area contributed by atoms with Gasteiger partial charge in [-0.1, -0.05) is 49.6 Å². The lowest BCUT2D eigenvalue weighted by atomic mass is 9.72. The zero-order valence-corrected chi connectivity index (χ0v) is 31.5. The number of hydrogen-bond donors (Lipinski definition) is 4. The first-order valence-corrected chi connectivity index (χ1v) is 19.7. The van der Waals surface area contributed by atoms with Crippen molar-refractivity contribution in [2.45, 2.75) is 108 Å². The van der Waals surface area contributed by atoms with Crippen LogP contribution < -0.4 is 20.7 Å². The van der Waals surface area contributed by atoms with Gasteiger partial charge in [0.05, 0.1) is 22.9 Å². The van der Waals surface area contributed by atoms with Crippen molar-refractivity contribution in [3.05, 3.63) is 66.0 Å². The molecule has 13 heteroatoms. The maximum atomic E-state index is 14.1. The van der Waals surface area contributed by atoms with Gasteiger partial charge < -0.3 is 25.8 Å². The van der Waals surface area contributed by atoms with Crippen molar-refractivity contribution in [3.63, 3.8) is 0 Å². The molecule has 6 atom stereocenters. The summed E-state index contributed by atoms with van der Waals surface area (Å²) in [6.07, 6.45) is 5.13. The molecule has 51 heavy (non-hydrogen) atoms. The number of carbonyl (C=O) groups is 3. The molecule has 1 aliphatic carbocycles. The molecule has 1 aliphatic heterocycles. The van der Waals surface area contributed by atoms with Gasteiger partial charge in [-0.15, -0.1) is 0 Å². The van der Waals surface area contributed by atoms with Crippen LogP contribution in [0, 0.1) is 17.7 Å². The molecule has 4 rings (SSSR count). The molecule has 6 unspecified atom stereocenters. The van der Waals surface area contributed by atoms with Crippen molar-refractivity contribution in [2.75, 3.05) is 26.0 Å². The summed E-state index contributed by atoms with van der Waals surface area (Å²) in [5, 5.41) is 20.5. The van der Waals surface area contributed by atoms with Crippen LogP contribution >= 0.6 is 0 Å². The molecule has 0 aromatic heterocycles. The highest BCUT2D eigenvalue weighted by molar-refractivity contribution is 7.92. The molecule has 11 nitrogen and oxygen atoms in total. The minimum atomic E-state index is -3.92. The molecular formula is C38H55FN4O7S. The third kappa shape index (κ3) is 11.2. The van der Waals surface area contributed by atoms with Crippen LogP contribution in [0.1, 0.15) is 72.3 Å². The number of aliphatic hydroxyl groups excluding tert-OH is 1. The summed E-state index contributed by atoms with van der Waals surface area (Å²) in [6, 6.07) is 11.4. The van der Waals surface area contributed by atoms with Crippen LogP contribution in [0.3, 0.4) is 0 Å². The van der Waals surface area contributed by atoms with E-state index in [-0.39, 0.29) is 24.6 Å². The number of rotatable bonds is 14. The number of β-amino-alcohol motifs (C(OH)–C–C–N with tert-alkyl or cyclic N) is 1. The maximum Gasteiger partial charge on any atom is 0.258 e. The molecule has 0 bridgehead atoms. The molecule has 1 saturated carbocycles. The topological polar surface area (TPSA) is 154 Å². The molecule has 1 heterocycles. The van der Waals surface area contributed by atoms with E-state index in [1.54, 1.807) is 0 Å². The van der Waals surface area contributed by atoms with Gasteiger partial charge in [-0.2, -0.15) is 0 Å². The zero-order valence-electron chi connectivity index (χ0n) is 30.7. The number of likely N-dealkylation sites (tertiary alicyclic amines) is 1. The van der Waals surface area contributed by atoms with E-state index < -0.39 is 68.6 Å². The van der Waals surface area contributed by atoms with Crippen LogP contribution in [-0.4, -0.2) is 96.6 Å². The van der Waals surface area contributed by atoms with Gasteiger partial charge in [0, 0.05) is 24.9 Å². The van der Waals surface area contributed by atoms with Crippen LogP contribution in [0.15, 0.2) is 54.6 Å². The highest BCUT2D eigenvalue weighted by Gasteiger charge is 2.46. The number of benzene rings is 2. The van der Waals surface area contributed by atoms with Crippen molar-refractivity contribution in [3.8, 4) is 5.75 Å². The Labute approximate surface area is 302 Å². The monoisotopic (exact) mass is 730 g/mol. The predicted octanol–water partition coefficient (Wildman–Crippen LogP) is 3.40. The maximum absolute atomic E-state index is 14.1. The fourth-order valence-electron chi connectivity index (χ4n) is 7.06. The number of carbonyl (C=O) groups excluding carboxylic acids is 3. The smallest absolute Gasteiger partial charge is 0.258 e. The third-order valence-electron chi connectivity index (χ3n) is 10.2. The van der Waals surface area contributed by atoms with Crippen LogP contribution in [-0.2, 0) is 30.6 Å². The Kier molecular flexibility index (Phi) is 13.3. The lowest BCUT2D eigenvalue weighted by molar-refractivity contribution is -0.133. The van der Waals surface area contributed by atoms with Crippen molar-refractivity contribution >= 4 is 27.6 Å². The molecule has 282 valence electrons. The van der Waals surface area contributed by atoms with Crippen molar-refractivity contribution in [2.24, 2.45) is 11.8 Å². The summed E-state index contributed by atoms with van der Waals surface area (Å²) < 4.78 is 43.0. The zero-order chi connectivity index (χ0) is 37.6. The van der Waals surface area contributed by atoms with Crippen molar-refractivity contribution in [1.82, 2.24) is 20.9 Å². The standard InChI is InChI=1S/C38H55FN4O7S/c1-37(2,3)42-35(46)31-21-26-14-10-11-15-27(26)22-43(31)23-32(44)30(20-25-12-8-7-9-13-25)40-36(47)34(38(4,5)51(6,48)49)41-33(45)24-50-29-18-16-28(39)17-19-29/h7-9,12-13,16-19,26-27,30-32,34,44H,10-11,14-15,20-24H2,1-6H3,(H,40,47)(H,41,45)(H,42,46). The number of amides is 3.